The van der Waals surface area contributed by atoms with E-state index in [0.717, 1.165) is 17.9 Å². The second-order valence-electron chi connectivity index (χ2n) is 5.00. The molecule has 1 aliphatic carbocycles. The van der Waals surface area contributed by atoms with E-state index in [1.165, 1.54) is 38.2 Å². The van der Waals surface area contributed by atoms with Crippen molar-refractivity contribution in [1.29, 1.82) is 0 Å². The lowest BCUT2D eigenvalue weighted by molar-refractivity contribution is -0.384. The van der Waals surface area contributed by atoms with E-state index in [4.69, 9.17) is 4.74 Å². The number of rotatable bonds is 5. The average molecular weight is 328 g/mol. The van der Waals surface area contributed by atoms with Gasteiger partial charge >= 0.3 is 0 Å². The number of nitrogens with zero attached hydrogens (tertiary/aromatic N) is 1. The maximum absolute atomic E-state index is 10.7. The number of nitro groups is 1. The van der Waals surface area contributed by atoms with E-state index < -0.39 is 0 Å². The zero-order valence-corrected chi connectivity index (χ0v) is 12.4. The molecular weight excluding hydrogens is 310 g/mol. The number of halogens is 1. The fraction of sp³-hybridized carbons (Fsp3) is 0.571. The summed E-state index contributed by atoms with van der Waals surface area (Å²) in [6, 6.07) is 4.78. The van der Waals surface area contributed by atoms with Crippen LogP contribution in [0.25, 0.3) is 0 Å². The first-order chi connectivity index (χ1) is 9.20. The summed E-state index contributed by atoms with van der Waals surface area (Å²) in [6.45, 7) is 0.720. The Labute approximate surface area is 121 Å². The van der Waals surface area contributed by atoms with Gasteiger partial charge in [0.25, 0.3) is 5.69 Å². The lowest BCUT2D eigenvalue weighted by Crippen LogP contribution is -2.15. The van der Waals surface area contributed by atoms with Crippen LogP contribution in [0.1, 0.15) is 37.7 Å². The molecule has 5 heteroatoms. The van der Waals surface area contributed by atoms with Crippen LogP contribution >= 0.6 is 15.9 Å². The van der Waals surface area contributed by atoms with E-state index in [9.17, 15) is 10.1 Å². The van der Waals surface area contributed by atoms with Gasteiger partial charge in [0.2, 0.25) is 0 Å². The molecule has 1 aliphatic rings. The molecule has 104 valence electrons. The highest BCUT2D eigenvalue weighted by molar-refractivity contribution is 9.08. The van der Waals surface area contributed by atoms with Crippen molar-refractivity contribution in [2.45, 2.75) is 37.4 Å². The van der Waals surface area contributed by atoms with Crippen molar-refractivity contribution >= 4 is 21.6 Å². The van der Waals surface area contributed by atoms with Crippen molar-refractivity contribution in [3.05, 3.63) is 33.9 Å². The Morgan fingerprint density at radius 1 is 1.32 bits per heavy atom. The lowest BCUT2D eigenvalue weighted by atomic mass is 9.90. The van der Waals surface area contributed by atoms with Gasteiger partial charge in [0.05, 0.1) is 11.5 Å². The Kier molecular flexibility index (Phi) is 5.19. The van der Waals surface area contributed by atoms with E-state index >= 15 is 0 Å². The standard InChI is InChI=1S/C14H18BrNO3/c15-9-12-8-13(16(17)18)6-7-14(12)19-10-11-4-2-1-3-5-11/h6-8,11H,1-5,9-10H2. The third-order valence-electron chi connectivity index (χ3n) is 3.60. The van der Waals surface area contributed by atoms with Crippen molar-refractivity contribution < 1.29 is 9.66 Å². The molecular formula is C14H18BrNO3. The fourth-order valence-electron chi connectivity index (χ4n) is 2.49. The van der Waals surface area contributed by atoms with Crippen molar-refractivity contribution in [3.63, 3.8) is 0 Å². The molecule has 0 spiro atoms. The summed E-state index contributed by atoms with van der Waals surface area (Å²) < 4.78 is 5.85. The summed E-state index contributed by atoms with van der Waals surface area (Å²) in [5, 5.41) is 11.3. The van der Waals surface area contributed by atoms with Crippen molar-refractivity contribution in [2.24, 2.45) is 5.92 Å². The van der Waals surface area contributed by atoms with Gasteiger partial charge in [-0.05, 0) is 24.8 Å². The quantitative estimate of drug-likeness (QED) is 0.456. The molecule has 0 bridgehead atoms. The van der Waals surface area contributed by atoms with Crippen LogP contribution in [0.3, 0.4) is 0 Å². The molecule has 0 heterocycles. The summed E-state index contributed by atoms with van der Waals surface area (Å²) in [4.78, 5) is 10.4. The minimum atomic E-state index is -0.378. The largest absolute Gasteiger partial charge is 0.493 e. The summed E-state index contributed by atoms with van der Waals surface area (Å²) in [5.41, 5.74) is 0.949. The number of ether oxygens (including phenoxy) is 1. The number of benzene rings is 1. The molecule has 0 aliphatic heterocycles. The van der Waals surface area contributed by atoms with Crippen LogP contribution in [-0.2, 0) is 5.33 Å². The van der Waals surface area contributed by atoms with Crippen LogP contribution in [0, 0.1) is 16.0 Å². The fourth-order valence-corrected chi connectivity index (χ4v) is 2.92. The lowest BCUT2D eigenvalue weighted by Gasteiger charge is -2.22. The molecule has 0 unspecified atom stereocenters. The van der Waals surface area contributed by atoms with Gasteiger partial charge in [0, 0.05) is 23.0 Å². The molecule has 1 aromatic rings. The number of alkyl halides is 1. The summed E-state index contributed by atoms with van der Waals surface area (Å²) >= 11 is 3.36. The van der Waals surface area contributed by atoms with Crippen molar-refractivity contribution in [1.82, 2.24) is 0 Å². The molecule has 2 rings (SSSR count). The molecule has 0 radical (unpaired) electrons. The molecule has 0 saturated heterocycles. The number of non-ortho nitro benzene ring substituents is 1. The van der Waals surface area contributed by atoms with Crippen LogP contribution in [0.4, 0.5) is 5.69 Å². The van der Waals surface area contributed by atoms with Crippen LogP contribution in [-0.4, -0.2) is 11.5 Å². The Bertz CT molecular complexity index is 444. The van der Waals surface area contributed by atoms with E-state index in [1.54, 1.807) is 12.1 Å². The zero-order chi connectivity index (χ0) is 13.7. The second kappa shape index (κ2) is 6.89. The van der Waals surface area contributed by atoms with E-state index in [-0.39, 0.29) is 10.6 Å². The third-order valence-corrected chi connectivity index (χ3v) is 4.20. The van der Waals surface area contributed by atoms with Crippen LogP contribution in [0.2, 0.25) is 0 Å². The topological polar surface area (TPSA) is 52.4 Å². The van der Waals surface area contributed by atoms with Crippen LogP contribution in [0.5, 0.6) is 5.75 Å². The predicted octanol–water partition coefficient (Wildman–Crippen LogP) is 4.45. The van der Waals surface area contributed by atoms with Gasteiger partial charge in [-0.3, -0.25) is 10.1 Å². The maximum Gasteiger partial charge on any atom is 0.270 e. The van der Waals surface area contributed by atoms with Crippen LogP contribution < -0.4 is 4.74 Å². The first-order valence-corrected chi connectivity index (χ1v) is 7.79. The Morgan fingerprint density at radius 2 is 2.05 bits per heavy atom. The summed E-state index contributed by atoms with van der Waals surface area (Å²) in [5.74, 6) is 1.39. The number of hydrogen-bond acceptors (Lipinski definition) is 3. The SMILES string of the molecule is O=[N+]([O-])c1ccc(OCC2CCCCC2)c(CBr)c1. The third kappa shape index (κ3) is 3.93. The van der Waals surface area contributed by atoms with Gasteiger partial charge in [0.1, 0.15) is 5.75 Å². The van der Waals surface area contributed by atoms with Crippen LogP contribution in [0.15, 0.2) is 18.2 Å². The normalized spacial score (nSPS) is 16.3. The molecule has 1 saturated carbocycles. The van der Waals surface area contributed by atoms with Gasteiger partial charge in [0.15, 0.2) is 0 Å². The van der Waals surface area contributed by atoms with Gasteiger partial charge < -0.3 is 4.74 Å². The van der Waals surface area contributed by atoms with E-state index in [0.29, 0.717) is 11.2 Å². The van der Waals surface area contributed by atoms with E-state index in [2.05, 4.69) is 15.9 Å². The molecule has 19 heavy (non-hydrogen) atoms. The van der Waals surface area contributed by atoms with Crippen molar-refractivity contribution in [2.75, 3.05) is 6.61 Å². The monoisotopic (exact) mass is 327 g/mol. The first kappa shape index (κ1) is 14.3. The maximum atomic E-state index is 10.7. The average Bonchev–Trinajstić information content (AvgIpc) is 2.45. The number of nitro benzene ring substituents is 1. The van der Waals surface area contributed by atoms with Gasteiger partial charge in [-0.15, -0.1) is 0 Å². The predicted molar refractivity (Wildman–Crippen MR) is 77.8 cm³/mol. The van der Waals surface area contributed by atoms with Gasteiger partial charge in [-0.1, -0.05) is 35.2 Å². The molecule has 0 amide bonds. The minimum absolute atomic E-state index is 0.111. The highest BCUT2D eigenvalue weighted by atomic mass is 79.9. The zero-order valence-electron chi connectivity index (χ0n) is 10.8. The first-order valence-electron chi connectivity index (χ1n) is 6.67. The smallest absolute Gasteiger partial charge is 0.270 e. The molecule has 0 atom stereocenters. The Hall–Kier alpha value is -1.10. The Morgan fingerprint density at radius 3 is 2.68 bits per heavy atom. The molecule has 4 nitrogen and oxygen atoms in total. The Balaban J connectivity index is 2.00. The number of hydrogen-bond donors (Lipinski definition) is 0. The highest BCUT2D eigenvalue weighted by Gasteiger charge is 2.16. The van der Waals surface area contributed by atoms with Gasteiger partial charge in [-0.25, -0.2) is 0 Å². The van der Waals surface area contributed by atoms with E-state index in [1.807, 2.05) is 0 Å². The minimum Gasteiger partial charge on any atom is -0.493 e. The highest BCUT2D eigenvalue weighted by Crippen LogP contribution is 2.29. The second-order valence-corrected chi connectivity index (χ2v) is 5.56. The summed E-state index contributed by atoms with van der Waals surface area (Å²) in [6.07, 6.45) is 6.38. The molecule has 0 N–H and O–H groups in total. The molecule has 0 aromatic heterocycles. The van der Waals surface area contributed by atoms with Gasteiger partial charge in [-0.2, -0.15) is 0 Å². The summed E-state index contributed by atoms with van der Waals surface area (Å²) in [7, 11) is 0. The molecule has 1 aromatic carbocycles. The van der Waals surface area contributed by atoms with Crippen molar-refractivity contribution in [3.8, 4) is 5.75 Å². The molecule has 1 fully saturated rings.